The first-order chi connectivity index (χ1) is 13.2. The lowest BCUT2D eigenvalue weighted by Crippen LogP contribution is -2.03. The molecule has 0 spiro atoms. The minimum absolute atomic E-state index is 0.0347. The third-order valence-corrected chi connectivity index (χ3v) is 4.88. The monoisotopic (exact) mass is 358 g/mol. The zero-order valence-corrected chi connectivity index (χ0v) is 14.8. The first-order valence-corrected chi connectivity index (χ1v) is 8.77. The van der Waals surface area contributed by atoms with Crippen LogP contribution < -0.4 is 0 Å². The van der Waals surface area contributed by atoms with Gasteiger partial charge in [-0.1, -0.05) is 24.3 Å². The molecule has 0 bridgehead atoms. The molecule has 0 aliphatic rings. The molecule has 0 saturated carbocycles. The Labute approximate surface area is 154 Å². The van der Waals surface area contributed by atoms with Gasteiger partial charge in [0.05, 0.1) is 23.3 Å². The van der Waals surface area contributed by atoms with Gasteiger partial charge in [0.2, 0.25) is 0 Å². The smallest absolute Gasteiger partial charge is 0.161 e. The van der Waals surface area contributed by atoms with Crippen molar-refractivity contribution in [2.75, 3.05) is 0 Å². The van der Waals surface area contributed by atoms with Crippen LogP contribution in [0, 0.1) is 6.92 Å². The van der Waals surface area contributed by atoms with Crippen LogP contribution in [0.2, 0.25) is 0 Å². The van der Waals surface area contributed by atoms with E-state index in [-0.39, 0.29) is 6.61 Å². The van der Waals surface area contributed by atoms with Crippen molar-refractivity contribution in [3.05, 3.63) is 71.7 Å². The predicted molar refractivity (Wildman–Crippen MR) is 102 cm³/mol. The van der Waals surface area contributed by atoms with E-state index >= 15 is 0 Å². The molecular weight excluding hydrogens is 340 g/mol. The number of hydrogen-bond acceptors (Lipinski definition) is 4. The van der Waals surface area contributed by atoms with E-state index in [2.05, 4.69) is 47.6 Å². The van der Waals surface area contributed by atoms with Crippen LogP contribution in [0.25, 0.3) is 28.1 Å². The van der Waals surface area contributed by atoms with E-state index in [1.165, 1.54) is 0 Å². The highest BCUT2D eigenvalue weighted by molar-refractivity contribution is 5.86. The lowest BCUT2D eigenvalue weighted by Gasteiger charge is -2.11. The van der Waals surface area contributed by atoms with Crippen LogP contribution in [0.15, 0.2) is 54.7 Å². The Morgan fingerprint density at radius 1 is 1.00 bits per heavy atom. The van der Waals surface area contributed by atoms with Crippen LogP contribution in [-0.2, 0) is 13.2 Å². The van der Waals surface area contributed by atoms with Gasteiger partial charge in [-0.25, -0.2) is 0 Å². The van der Waals surface area contributed by atoms with Gasteiger partial charge in [-0.05, 0) is 42.3 Å². The summed E-state index contributed by atoms with van der Waals surface area (Å²) >= 11 is 0. The van der Waals surface area contributed by atoms with Gasteiger partial charge in [-0.15, -0.1) is 10.2 Å². The molecule has 5 aromatic rings. The Balaban J connectivity index is 1.76. The van der Waals surface area contributed by atoms with Gasteiger partial charge in [0.15, 0.2) is 5.65 Å². The second-order valence-electron chi connectivity index (χ2n) is 6.60. The molecule has 4 heterocycles. The fourth-order valence-corrected chi connectivity index (χ4v) is 3.64. The van der Waals surface area contributed by atoms with Crippen molar-refractivity contribution in [2.45, 2.75) is 20.1 Å². The molecule has 0 atom stereocenters. The molecule has 1 aromatic carbocycles. The maximum absolute atomic E-state index is 9.45. The maximum atomic E-state index is 9.45. The van der Waals surface area contributed by atoms with E-state index in [4.69, 9.17) is 0 Å². The van der Waals surface area contributed by atoms with Crippen LogP contribution in [-0.4, -0.2) is 34.5 Å². The van der Waals surface area contributed by atoms with E-state index < -0.39 is 0 Å². The normalized spacial score (nSPS) is 11.6. The third kappa shape index (κ3) is 2.51. The predicted octanol–water partition coefficient (Wildman–Crippen LogP) is 2.92. The van der Waals surface area contributed by atoms with E-state index in [0.29, 0.717) is 6.54 Å². The molecule has 4 aromatic heterocycles. The molecule has 5 rings (SSSR count). The Kier molecular flexibility index (Phi) is 3.54. The number of aliphatic hydroxyl groups excluding tert-OH is 1. The van der Waals surface area contributed by atoms with Crippen LogP contribution in [0.4, 0.5) is 0 Å². The summed E-state index contributed by atoms with van der Waals surface area (Å²) in [6.45, 7) is 2.66. The lowest BCUT2D eigenvalue weighted by atomic mass is 10.1. The van der Waals surface area contributed by atoms with Crippen LogP contribution in [0.3, 0.4) is 0 Å². The van der Waals surface area contributed by atoms with Crippen LogP contribution >= 0.6 is 0 Å². The summed E-state index contributed by atoms with van der Waals surface area (Å²) in [7, 11) is 0. The van der Waals surface area contributed by atoms with Gasteiger partial charge >= 0.3 is 0 Å². The summed E-state index contributed by atoms with van der Waals surface area (Å²) in [5, 5.41) is 25.2. The van der Waals surface area contributed by atoms with Gasteiger partial charge in [0.25, 0.3) is 0 Å². The topological polar surface area (TPSA) is 84.0 Å². The molecule has 7 nitrogen and oxygen atoms in total. The lowest BCUT2D eigenvalue weighted by molar-refractivity contribution is 0.281. The number of pyridine rings is 1. The van der Waals surface area contributed by atoms with E-state index in [1.54, 1.807) is 0 Å². The standard InChI is InChI=1S/C20H18N6O/c1-13-22-24-20-6-5-17-19(26(13)20)10-18(16-7-8-21-23-16)25(17)11-14-3-2-4-15(9-14)12-27/h2-10,27H,11-12H2,1H3,(H,21,23). The number of aryl methyl sites for hydroxylation is 1. The summed E-state index contributed by atoms with van der Waals surface area (Å²) < 4.78 is 4.30. The Bertz CT molecular complexity index is 1250. The number of aliphatic hydroxyl groups is 1. The summed E-state index contributed by atoms with van der Waals surface area (Å²) in [5.41, 5.74) is 6.88. The molecule has 0 unspecified atom stereocenters. The minimum Gasteiger partial charge on any atom is -0.392 e. The average Bonchev–Trinajstić information content (AvgIpc) is 3.41. The van der Waals surface area contributed by atoms with Crippen LogP contribution in [0.1, 0.15) is 17.0 Å². The number of nitrogens with zero attached hydrogens (tertiary/aromatic N) is 5. The number of aromatic nitrogens is 6. The molecule has 0 aliphatic heterocycles. The van der Waals surface area contributed by atoms with Gasteiger partial charge in [-0.2, -0.15) is 5.10 Å². The SMILES string of the molecule is Cc1nnc2ccc3c(cc(-c4cc[nH]n4)n3Cc3cccc(CO)c3)n12. The number of H-pyrrole nitrogens is 1. The maximum Gasteiger partial charge on any atom is 0.161 e. The molecule has 0 fully saturated rings. The van der Waals surface area contributed by atoms with Gasteiger partial charge in [-0.3, -0.25) is 9.50 Å². The van der Waals surface area contributed by atoms with Crippen molar-refractivity contribution < 1.29 is 5.11 Å². The highest BCUT2D eigenvalue weighted by atomic mass is 16.3. The van der Waals surface area contributed by atoms with Crippen molar-refractivity contribution >= 4 is 16.7 Å². The molecule has 0 amide bonds. The van der Waals surface area contributed by atoms with Crippen molar-refractivity contribution in [2.24, 2.45) is 0 Å². The zero-order valence-electron chi connectivity index (χ0n) is 14.8. The Hall–Kier alpha value is -3.45. The molecule has 27 heavy (non-hydrogen) atoms. The fourth-order valence-electron chi connectivity index (χ4n) is 3.64. The fraction of sp³-hybridized carbons (Fsp3) is 0.150. The van der Waals surface area contributed by atoms with E-state index in [0.717, 1.165) is 45.0 Å². The number of rotatable bonds is 4. The Morgan fingerprint density at radius 2 is 1.89 bits per heavy atom. The molecule has 134 valence electrons. The van der Waals surface area contributed by atoms with E-state index in [1.807, 2.05) is 43.5 Å². The summed E-state index contributed by atoms with van der Waals surface area (Å²) in [6.07, 6.45) is 1.82. The molecule has 0 saturated heterocycles. The van der Waals surface area contributed by atoms with Crippen molar-refractivity contribution in [3.63, 3.8) is 0 Å². The van der Waals surface area contributed by atoms with Crippen molar-refractivity contribution in [1.82, 2.24) is 29.4 Å². The number of nitrogens with one attached hydrogen (secondary N) is 1. The van der Waals surface area contributed by atoms with Gasteiger partial charge < -0.3 is 9.67 Å². The molecule has 7 heteroatoms. The largest absolute Gasteiger partial charge is 0.392 e. The number of aromatic amines is 1. The molecule has 0 aliphatic carbocycles. The number of fused-ring (bicyclic) bond motifs is 3. The highest BCUT2D eigenvalue weighted by Crippen LogP contribution is 2.29. The second kappa shape index (κ2) is 6.07. The molecular formula is C20H18N6O. The second-order valence-corrected chi connectivity index (χ2v) is 6.60. The average molecular weight is 358 g/mol. The third-order valence-electron chi connectivity index (χ3n) is 4.88. The number of hydrogen-bond donors (Lipinski definition) is 2. The van der Waals surface area contributed by atoms with Crippen molar-refractivity contribution in [3.8, 4) is 11.4 Å². The molecule has 0 radical (unpaired) electrons. The minimum atomic E-state index is 0.0347. The zero-order chi connectivity index (χ0) is 18.4. The quantitative estimate of drug-likeness (QED) is 0.517. The first-order valence-electron chi connectivity index (χ1n) is 8.77. The van der Waals surface area contributed by atoms with E-state index in [9.17, 15) is 5.11 Å². The molecule has 2 N–H and O–H groups in total. The van der Waals surface area contributed by atoms with Crippen LogP contribution in [0.5, 0.6) is 0 Å². The summed E-state index contributed by atoms with van der Waals surface area (Å²) in [5.74, 6) is 0.851. The van der Waals surface area contributed by atoms with Gasteiger partial charge in [0, 0.05) is 12.7 Å². The number of benzene rings is 1. The van der Waals surface area contributed by atoms with Crippen molar-refractivity contribution in [1.29, 1.82) is 0 Å². The summed E-state index contributed by atoms with van der Waals surface area (Å²) in [6, 6.07) is 16.2. The summed E-state index contributed by atoms with van der Waals surface area (Å²) in [4.78, 5) is 0. The van der Waals surface area contributed by atoms with Gasteiger partial charge in [0.1, 0.15) is 11.5 Å². The first kappa shape index (κ1) is 15.8. The Morgan fingerprint density at radius 3 is 2.70 bits per heavy atom. The highest BCUT2D eigenvalue weighted by Gasteiger charge is 2.16.